The standard InChI is InChI=1S/C9H9BrFNO3/c1-15-9(14)7(12)4-2-3-5(10)6(11)8(4)13/h2-3,7,13H,12H2,1H3/t7-/m0/s1. The molecule has 1 atom stereocenters. The highest BCUT2D eigenvalue weighted by Crippen LogP contribution is 2.31. The van der Waals surface area contributed by atoms with Crippen LogP contribution < -0.4 is 5.73 Å². The first-order valence-corrected chi connectivity index (χ1v) is 4.78. The van der Waals surface area contributed by atoms with Gasteiger partial charge in [0.2, 0.25) is 0 Å². The molecule has 0 amide bonds. The van der Waals surface area contributed by atoms with Crippen LogP contribution in [-0.4, -0.2) is 18.2 Å². The molecular weight excluding hydrogens is 269 g/mol. The van der Waals surface area contributed by atoms with Crippen LogP contribution in [0.15, 0.2) is 16.6 Å². The SMILES string of the molecule is COC(=O)[C@@H](N)c1ccc(Br)c(F)c1O. The van der Waals surface area contributed by atoms with Crippen molar-refractivity contribution in [2.45, 2.75) is 6.04 Å². The van der Waals surface area contributed by atoms with E-state index in [1.54, 1.807) is 0 Å². The molecule has 0 fully saturated rings. The average molecular weight is 278 g/mol. The number of rotatable bonds is 2. The third kappa shape index (κ3) is 2.27. The second-order valence-electron chi connectivity index (χ2n) is 2.80. The molecule has 1 aromatic carbocycles. The lowest BCUT2D eigenvalue weighted by molar-refractivity contribution is -0.142. The number of benzene rings is 1. The van der Waals surface area contributed by atoms with E-state index < -0.39 is 23.6 Å². The van der Waals surface area contributed by atoms with E-state index in [-0.39, 0.29) is 10.0 Å². The van der Waals surface area contributed by atoms with Crippen molar-refractivity contribution in [1.82, 2.24) is 0 Å². The zero-order valence-electron chi connectivity index (χ0n) is 7.83. The van der Waals surface area contributed by atoms with Gasteiger partial charge in [-0.25, -0.2) is 4.39 Å². The van der Waals surface area contributed by atoms with Crippen LogP contribution in [0.2, 0.25) is 0 Å². The van der Waals surface area contributed by atoms with Gasteiger partial charge in [-0.05, 0) is 22.0 Å². The van der Waals surface area contributed by atoms with Crippen LogP contribution in [0, 0.1) is 5.82 Å². The molecule has 0 aromatic heterocycles. The molecular formula is C9H9BrFNO3. The third-order valence-corrected chi connectivity index (χ3v) is 2.50. The number of esters is 1. The molecule has 0 aliphatic heterocycles. The van der Waals surface area contributed by atoms with Gasteiger partial charge in [0.25, 0.3) is 0 Å². The Hall–Kier alpha value is -1.14. The van der Waals surface area contributed by atoms with Crippen LogP contribution >= 0.6 is 15.9 Å². The Balaban J connectivity index is 3.16. The number of nitrogens with two attached hydrogens (primary N) is 1. The number of halogens is 2. The maximum Gasteiger partial charge on any atom is 0.327 e. The number of carbonyl (C=O) groups excluding carboxylic acids is 1. The Morgan fingerprint density at radius 2 is 2.27 bits per heavy atom. The first-order chi connectivity index (χ1) is 6.99. The normalized spacial score (nSPS) is 12.3. The number of hydrogen-bond acceptors (Lipinski definition) is 4. The highest BCUT2D eigenvalue weighted by Gasteiger charge is 2.22. The number of carbonyl (C=O) groups is 1. The highest BCUT2D eigenvalue weighted by molar-refractivity contribution is 9.10. The fourth-order valence-corrected chi connectivity index (χ4v) is 1.38. The van der Waals surface area contributed by atoms with Gasteiger partial charge in [-0.2, -0.15) is 0 Å². The summed E-state index contributed by atoms with van der Waals surface area (Å²) in [4.78, 5) is 11.1. The van der Waals surface area contributed by atoms with Crippen molar-refractivity contribution in [3.05, 3.63) is 28.0 Å². The van der Waals surface area contributed by atoms with E-state index in [1.165, 1.54) is 12.1 Å². The maximum atomic E-state index is 13.2. The van der Waals surface area contributed by atoms with Crippen LogP contribution in [0.1, 0.15) is 11.6 Å². The van der Waals surface area contributed by atoms with Crippen molar-refractivity contribution in [1.29, 1.82) is 0 Å². The summed E-state index contributed by atoms with van der Waals surface area (Å²) in [6, 6.07) is 1.51. The molecule has 1 aromatic rings. The number of methoxy groups -OCH3 is 1. The molecule has 0 saturated heterocycles. The summed E-state index contributed by atoms with van der Waals surface area (Å²) in [6.07, 6.45) is 0. The molecule has 0 aliphatic carbocycles. The quantitative estimate of drug-likeness (QED) is 0.803. The van der Waals surface area contributed by atoms with Gasteiger partial charge in [0.15, 0.2) is 11.6 Å². The van der Waals surface area contributed by atoms with E-state index >= 15 is 0 Å². The van der Waals surface area contributed by atoms with Crippen molar-refractivity contribution >= 4 is 21.9 Å². The predicted molar refractivity (Wildman–Crippen MR) is 54.7 cm³/mol. The summed E-state index contributed by atoms with van der Waals surface area (Å²) in [5.74, 6) is -2.25. The molecule has 82 valence electrons. The number of aromatic hydroxyl groups is 1. The van der Waals surface area contributed by atoms with Crippen molar-refractivity contribution < 1.29 is 19.0 Å². The van der Waals surface area contributed by atoms with E-state index in [0.29, 0.717) is 0 Å². The summed E-state index contributed by atoms with van der Waals surface area (Å²) < 4.78 is 17.7. The first kappa shape index (κ1) is 11.9. The van der Waals surface area contributed by atoms with E-state index in [0.717, 1.165) is 7.11 Å². The minimum atomic E-state index is -1.20. The lowest BCUT2D eigenvalue weighted by Gasteiger charge is -2.12. The van der Waals surface area contributed by atoms with Gasteiger partial charge < -0.3 is 15.6 Å². The van der Waals surface area contributed by atoms with Crippen molar-refractivity contribution in [2.75, 3.05) is 7.11 Å². The monoisotopic (exact) mass is 277 g/mol. The van der Waals surface area contributed by atoms with Gasteiger partial charge in [-0.3, -0.25) is 4.79 Å². The predicted octanol–water partition coefficient (Wildman–Crippen LogP) is 1.47. The van der Waals surface area contributed by atoms with Gasteiger partial charge in [-0.15, -0.1) is 0 Å². The highest BCUT2D eigenvalue weighted by atomic mass is 79.9. The third-order valence-electron chi connectivity index (χ3n) is 1.89. The summed E-state index contributed by atoms with van der Waals surface area (Å²) in [5.41, 5.74) is 5.44. The Bertz CT molecular complexity index is 397. The number of ether oxygens (including phenoxy) is 1. The number of phenols is 1. The topological polar surface area (TPSA) is 72.5 Å². The summed E-state index contributed by atoms with van der Waals surface area (Å²) in [7, 11) is 1.16. The van der Waals surface area contributed by atoms with Crippen LogP contribution in [0.3, 0.4) is 0 Å². The Kier molecular flexibility index (Phi) is 3.65. The summed E-state index contributed by atoms with van der Waals surface area (Å²) >= 11 is 2.89. The molecule has 0 spiro atoms. The van der Waals surface area contributed by atoms with Crippen molar-refractivity contribution in [3.63, 3.8) is 0 Å². The molecule has 0 heterocycles. The van der Waals surface area contributed by atoms with Gasteiger partial charge in [0.05, 0.1) is 11.6 Å². The van der Waals surface area contributed by atoms with Gasteiger partial charge >= 0.3 is 5.97 Å². The van der Waals surface area contributed by atoms with E-state index in [1.807, 2.05) is 0 Å². The van der Waals surface area contributed by atoms with E-state index in [9.17, 15) is 14.3 Å². The van der Waals surface area contributed by atoms with E-state index in [2.05, 4.69) is 20.7 Å². The van der Waals surface area contributed by atoms with Crippen LogP contribution in [0.5, 0.6) is 5.75 Å². The smallest absolute Gasteiger partial charge is 0.327 e. The zero-order chi connectivity index (χ0) is 11.6. The summed E-state index contributed by atoms with van der Waals surface area (Å²) in [6.45, 7) is 0. The Labute approximate surface area is 94.0 Å². The molecule has 6 heteroatoms. The minimum Gasteiger partial charge on any atom is -0.505 e. The largest absolute Gasteiger partial charge is 0.505 e. The number of phenolic OH excluding ortho intramolecular Hbond substituents is 1. The maximum absolute atomic E-state index is 13.2. The van der Waals surface area contributed by atoms with Gasteiger partial charge in [0, 0.05) is 5.56 Å². The van der Waals surface area contributed by atoms with E-state index in [4.69, 9.17) is 5.73 Å². The molecule has 0 radical (unpaired) electrons. The average Bonchev–Trinajstić information content (AvgIpc) is 2.24. The second kappa shape index (κ2) is 4.59. The zero-order valence-corrected chi connectivity index (χ0v) is 9.42. The second-order valence-corrected chi connectivity index (χ2v) is 3.65. The first-order valence-electron chi connectivity index (χ1n) is 3.99. The van der Waals surface area contributed by atoms with Crippen molar-refractivity contribution in [2.24, 2.45) is 5.73 Å². The van der Waals surface area contributed by atoms with Gasteiger partial charge in [-0.1, -0.05) is 6.07 Å². The fraction of sp³-hybridized carbons (Fsp3) is 0.222. The molecule has 15 heavy (non-hydrogen) atoms. The fourth-order valence-electron chi connectivity index (χ4n) is 1.06. The lowest BCUT2D eigenvalue weighted by atomic mass is 10.1. The molecule has 3 N–H and O–H groups in total. The Morgan fingerprint density at radius 1 is 1.67 bits per heavy atom. The van der Waals surface area contributed by atoms with Crippen LogP contribution in [-0.2, 0) is 9.53 Å². The molecule has 0 aliphatic rings. The van der Waals surface area contributed by atoms with Crippen LogP contribution in [0.4, 0.5) is 4.39 Å². The summed E-state index contributed by atoms with van der Waals surface area (Å²) in [5, 5.41) is 9.40. The van der Waals surface area contributed by atoms with Gasteiger partial charge in [0.1, 0.15) is 6.04 Å². The molecule has 0 saturated carbocycles. The number of hydrogen-bond donors (Lipinski definition) is 2. The molecule has 0 bridgehead atoms. The minimum absolute atomic E-state index is 0.0115. The molecule has 0 unspecified atom stereocenters. The molecule has 1 rings (SSSR count). The van der Waals surface area contributed by atoms with Crippen molar-refractivity contribution in [3.8, 4) is 5.75 Å². The molecule has 4 nitrogen and oxygen atoms in total. The lowest BCUT2D eigenvalue weighted by Crippen LogP contribution is -2.22. The Morgan fingerprint density at radius 3 is 2.80 bits per heavy atom. The van der Waals surface area contributed by atoms with Crippen LogP contribution in [0.25, 0.3) is 0 Å².